The molecule has 0 saturated carbocycles. The zero-order valence-corrected chi connectivity index (χ0v) is 8.19. The van der Waals surface area contributed by atoms with Gasteiger partial charge in [-0.2, -0.15) is 0 Å². The molecule has 2 nitrogen and oxygen atoms in total. The van der Waals surface area contributed by atoms with Crippen LogP contribution < -0.4 is 0 Å². The summed E-state index contributed by atoms with van der Waals surface area (Å²) >= 11 is 2.72. The van der Waals surface area contributed by atoms with Crippen LogP contribution in [0.2, 0.25) is 0 Å². The van der Waals surface area contributed by atoms with Gasteiger partial charge in [-0.15, -0.1) is 0 Å². The fraction of sp³-hybridized carbons (Fsp3) is 0.857. The van der Waals surface area contributed by atoms with Crippen LogP contribution in [0.5, 0.6) is 0 Å². The van der Waals surface area contributed by atoms with Crippen molar-refractivity contribution >= 4 is 20.8 Å². The highest BCUT2D eigenvalue weighted by atomic mass is 79.9. The Morgan fingerprint density at radius 2 is 2.10 bits per heavy atom. The number of ether oxygens (including phenoxy) is 1. The van der Waals surface area contributed by atoms with Gasteiger partial charge in [0.25, 0.3) is 0 Å². The Balaban J connectivity index is 3.74. The summed E-state index contributed by atoms with van der Waals surface area (Å²) in [5.74, 6) is 0. The molecule has 0 fully saturated rings. The summed E-state index contributed by atoms with van der Waals surface area (Å²) in [6.07, 6.45) is 1.91. The van der Waals surface area contributed by atoms with Crippen molar-refractivity contribution in [2.75, 3.05) is 0 Å². The van der Waals surface area contributed by atoms with Crippen molar-refractivity contribution in [1.29, 1.82) is 0 Å². The quantitative estimate of drug-likeness (QED) is 0.667. The minimum atomic E-state index is -0.383. The topological polar surface area (TPSA) is 26.3 Å². The van der Waals surface area contributed by atoms with E-state index < -0.39 is 0 Å². The van der Waals surface area contributed by atoms with Gasteiger partial charge in [-0.25, -0.2) is 4.79 Å². The van der Waals surface area contributed by atoms with Gasteiger partial charge in [0, 0.05) is 15.9 Å². The van der Waals surface area contributed by atoms with E-state index in [1.54, 1.807) is 0 Å². The van der Waals surface area contributed by atoms with E-state index in [4.69, 9.17) is 4.74 Å². The molecule has 0 radical (unpaired) electrons. The van der Waals surface area contributed by atoms with Gasteiger partial charge in [-0.05, 0) is 20.3 Å². The van der Waals surface area contributed by atoms with Crippen molar-refractivity contribution in [3.63, 3.8) is 0 Å². The molecule has 0 aliphatic carbocycles. The van der Waals surface area contributed by atoms with Crippen LogP contribution in [0, 0.1) is 0 Å². The first-order valence-corrected chi connectivity index (χ1v) is 4.16. The second kappa shape index (κ2) is 3.96. The number of carbonyl (C=O) groups is 1. The van der Waals surface area contributed by atoms with E-state index in [-0.39, 0.29) is 10.5 Å². The Labute approximate surface area is 70.1 Å². The van der Waals surface area contributed by atoms with Crippen molar-refractivity contribution < 1.29 is 9.53 Å². The average Bonchev–Trinajstić information content (AvgIpc) is 1.59. The predicted molar refractivity (Wildman–Crippen MR) is 44.4 cm³/mol. The van der Waals surface area contributed by atoms with Crippen LogP contribution in [-0.2, 0) is 4.74 Å². The maximum atomic E-state index is 10.4. The lowest BCUT2D eigenvalue weighted by Crippen LogP contribution is -2.24. The Kier molecular flexibility index (Phi) is 3.94. The molecular weight excluding hydrogens is 196 g/mol. The standard InChI is InChI=1S/C7H13BrO2/c1-4-5-7(2,3)10-6(8)9/h4-5H2,1-3H3. The third-order valence-corrected chi connectivity index (χ3v) is 1.37. The highest BCUT2D eigenvalue weighted by Gasteiger charge is 2.19. The smallest absolute Gasteiger partial charge is 0.375 e. The molecule has 0 aliphatic heterocycles. The molecule has 0 aromatic rings. The van der Waals surface area contributed by atoms with Gasteiger partial charge in [-0.1, -0.05) is 13.3 Å². The van der Waals surface area contributed by atoms with Crippen LogP contribution >= 0.6 is 15.9 Å². The predicted octanol–water partition coefficient (Wildman–Crippen LogP) is 3.10. The normalized spacial score (nSPS) is 11.2. The Morgan fingerprint density at radius 3 is 2.40 bits per heavy atom. The molecule has 0 spiro atoms. The van der Waals surface area contributed by atoms with E-state index >= 15 is 0 Å². The number of hydrogen-bond donors (Lipinski definition) is 0. The van der Waals surface area contributed by atoms with Crippen LogP contribution in [0.3, 0.4) is 0 Å². The number of rotatable bonds is 3. The van der Waals surface area contributed by atoms with Crippen LogP contribution in [0.25, 0.3) is 0 Å². The van der Waals surface area contributed by atoms with Crippen molar-refractivity contribution in [3.8, 4) is 0 Å². The maximum Gasteiger partial charge on any atom is 0.375 e. The maximum absolute atomic E-state index is 10.4. The second-order valence-corrected chi connectivity index (χ2v) is 3.50. The molecule has 0 rings (SSSR count). The summed E-state index contributed by atoms with van der Waals surface area (Å²) < 4.78 is 4.96. The highest BCUT2D eigenvalue weighted by molar-refractivity contribution is 9.18. The first kappa shape index (κ1) is 9.95. The third kappa shape index (κ3) is 4.79. The van der Waals surface area contributed by atoms with Crippen LogP contribution in [0.15, 0.2) is 0 Å². The fourth-order valence-electron chi connectivity index (χ4n) is 0.870. The largest absolute Gasteiger partial charge is 0.451 e. The van der Waals surface area contributed by atoms with Crippen LogP contribution in [0.4, 0.5) is 4.79 Å². The van der Waals surface area contributed by atoms with Crippen molar-refractivity contribution in [2.24, 2.45) is 0 Å². The lowest BCUT2D eigenvalue weighted by molar-refractivity contribution is 0.0521. The van der Waals surface area contributed by atoms with Gasteiger partial charge in [-0.3, -0.25) is 0 Å². The van der Waals surface area contributed by atoms with Crippen LogP contribution in [-0.4, -0.2) is 10.5 Å². The molecule has 60 valence electrons. The molecule has 3 heteroatoms. The first-order valence-electron chi connectivity index (χ1n) is 3.36. The summed E-state index contributed by atoms with van der Waals surface area (Å²) in [7, 11) is 0. The molecule has 0 aliphatic rings. The van der Waals surface area contributed by atoms with E-state index in [1.165, 1.54) is 0 Å². The summed E-state index contributed by atoms with van der Waals surface area (Å²) in [6, 6.07) is 0. The summed E-state index contributed by atoms with van der Waals surface area (Å²) in [5, 5.41) is 0. The van der Waals surface area contributed by atoms with E-state index in [0.29, 0.717) is 0 Å². The van der Waals surface area contributed by atoms with Gasteiger partial charge in [0.05, 0.1) is 0 Å². The Hall–Kier alpha value is -0.0500. The fourth-order valence-corrected chi connectivity index (χ4v) is 1.31. The monoisotopic (exact) mass is 208 g/mol. The molecule has 0 amide bonds. The number of halogens is 1. The first-order chi connectivity index (χ1) is 4.48. The van der Waals surface area contributed by atoms with Gasteiger partial charge >= 0.3 is 4.88 Å². The molecule has 0 N–H and O–H groups in total. The zero-order chi connectivity index (χ0) is 8.20. The Bertz CT molecular complexity index is 121. The van der Waals surface area contributed by atoms with Gasteiger partial charge in [0.1, 0.15) is 5.60 Å². The average molecular weight is 209 g/mol. The molecule has 10 heavy (non-hydrogen) atoms. The highest BCUT2D eigenvalue weighted by Crippen LogP contribution is 2.17. The van der Waals surface area contributed by atoms with E-state index in [2.05, 4.69) is 22.9 Å². The molecule has 0 atom stereocenters. The minimum absolute atomic E-state index is 0.324. The zero-order valence-electron chi connectivity index (χ0n) is 6.61. The molecule has 0 bridgehead atoms. The van der Waals surface area contributed by atoms with Crippen molar-refractivity contribution in [3.05, 3.63) is 0 Å². The van der Waals surface area contributed by atoms with Crippen molar-refractivity contribution in [1.82, 2.24) is 0 Å². The summed E-state index contributed by atoms with van der Waals surface area (Å²) in [5.41, 5.74) is -0.324. The lowest BCUT2D eigenvalue weighted by Gasteiger charge is -2.22. The van der Waals surface area contributed by atoms with E-state index in [1.807, 2.05) is 13.8 Å². The molecular formula is C7H13BrO2. The summed E-state index contributed by atoms with van der Waals surface area (Å²) in [6.45, 7) is 5.86. The van der Waals surface area contributed by atoms with E-state index in [9.17, 15) is 4.79 Å². The van der Waals surface area contributed by atoms with Crippen LogP contribution in [0.1, 0.15) is 33.6 Å². The summed E-state index contributed by atoms with van der Waals surface area (Å²) in [4.78, 5) is 10.0. The lowest BCUT2D eigenvalue weighted by atomic mass is 10.0. The Morgan fingerprint density at radius 1 is 1.60 bits per heavy atom. The van der Waals surface area contributed by atoms with Crippen molar-refractivity contribution in [2.45, 2.75) is 39.2 Å². The molecule has 0 aromatic carbocycles. The molecule has 0 unspecified atom stereocenters. The third-order valence-electron chi connectivity index (χ3n) is 1.21. The second-order valence-electron chi connectivity index (χ2n) is 2.85. The van der Waals surface area contributed by atoms with Gasteiger partial charge < -0.3 is 4.74 Å². The minimum Gasteiger partial charge on any atom is -0.451 e. The number of carbonyl (C=O) groups excluding carboxylic acids is 1. The molecule has 0 aromatic heterocycles. The SMILES string of the molecule is CCCC(C)(C)OC(=O)Br. The molecule has 0 heterocycles. The van der Waals surface area contributed by atoms with Gasteiger partial charge in [0.2, 0.25) is 0 Å². The molecule has 0 saturated heterocycles. The van der Waals surface area contributed by atoms with Gasteiger partial charge in [0.15, 0.2) is 0 Å². The van der Waals surface area contributed by atoms with E-state index in [0.717, 1.165) is 12.8 Å². The number of hydrogen-bond acceptors (Lipinski definition) is 2.